The lowest BCUT2D eigenvalue weighted by atomic mass is 9.95. The van der Waals surface area contributed by atoms with Crippen molar-refractivity contribution in [3.05, 3.63) is 90.3 Å². The van der Waals surface area contributed by atoms with Crippen LogP contribution in [-0.2, 0) is 32.0 Å². The number of thioether (sulfide) groups is 1. The molecule has 244 valence electrons. The van der Waals surface area contributed by atoms with Gasteiger partial charge in [0.1, 0.15) is 12.1 Å². The lowest BCUT2D eigenvalue weighted by Gasteiger charge is -2.19. The van der Waals surface area contributed by atoms with Gasteiger partial charge >= 0.3 is 12.3 Å². The number of esters is 1. The second-order valence-electron chi connectivity index (χ2n) is 10.5. The largest absolute Gasteiger partial charge is 0.573 e. The normalized spacial score (nSPS) is 14.8. The van der Waals surface area contributed by atoms with Gasteiger partial charge in [0.2, 0.25) is 11.8 Å². The van der Waals surface area contributed by atoms with E-state index in [-0.39, 0.29) is 23.8 Å². The topological polar surface area (TPSA) is 116 Å². The molecular weight excluding hydrogens is 635 g/mol. The van der Waals surface area contributed by atoms with Gasteiger partial charge in [0.25, 0.3) is 0 Å². The third kappa shape index (κ3) is 8.44. The van der Waals surface area contributed by atoms with Gasteiger partial charge in [-0.05, 0) is 60.7 Å². The maximum atomic E-state index is 13.0. The van der Waals surface area contributed by atoms with Crippen molar-refractivity contribution in [2.24, 2.45) is 10.9 Å². The molecule has 0 aliphatic carbocycles. The monoisotopic (exact) mass is 665 g/mol. The standard InChI is InChI=1S/C33H30F3N5O5S/c1-3-22-6-4-5-7-27(22)41-29(43)19-47-32(41)38-28(42)18-24(31(44)45-2)13-10-21-8-11-23(12-9-21)30-37-20-40(39-30)25-14-16-26(17-15-25)46-33(34,35)36/h4-9,11-12,14-17,20,24H,3,10,13,18-19H2,1-2H3. The van der Waals surface area contributed by atoms with Crippen molar-refractivity contribution in [3.8, 4) is 22.8 Å². The minimum Gasteiger partial charge on any atom is -0.469 e. The van der Waals surface area contributed by atoms with Gasteiger partial charge in [-0.1, -0.05) is 61.2 Å². The summed E-state index contributed by atoms with van der Waals surface area (Å²) in [5, 5.41) is 4.71. The van der Waals surface area contributed by atoms with Gasteiger partial charge in [0.05, 0.1) is 30.2 Å². The average Bonchev–Trinajstić information content (AvgIpc) is 3.69. The van der Waals surface area contributed by atoms with Crippen molar-refractivity contribution in [1.82, 2.24) is 14.8 Å². The molecule has 5 rings (SSSR count). The molecule has 4 aromatic rings. The molecule has 10 nitrogen and oxygen atoms in total. The minimum absolute atomic E-state index is 0.161. The Morgan fingerprint density at radius 1 is 1.04 bits per heavy atom. The van der Waals surface area contributed by atoms with E-state index in [0.717, 1.165) is 11.1 Å². The third-order valence-corrected chi connectivity index (χ3v) is 8.30. The number of hydrogen-bond donors (Lipinski definition) is 0. The fraction of sp³-hybridized carbons (Fsp3) is 0.273. The molecule has 1 aliphatic rings. The Labute approximate surface area is 272 Å². The smallest absolute Gasteiger partial charge is 0.469 e. The number of amides is 2. The molecule has 0 saturated carbocycles. The second kappa shape index (κ2) is 14.6. The second-order valence-corrected chi connectivity index (χ2v) is 11.4. The predicted molar refractivity (Wildman–Crippen MR) is 170 cm³/mol. The molecule has 14 heteroatoms. The van der Waals surface area contributed by atoms with Crippen LogP contribution in [0.25, 0.3) is 17.1 Å². The molecule has 1 fully saturated rings. The number of aryl methyl sites for hydroxylation is 2. The summed E-state index contributed by atoms with van der Waals surface area (Å²) in [5.41, 5.74) is 3.76. The van der Waals surface area contributed by atoms with Gasteiger partial charge in [-0.25, -0.2) is 9.67 Å². The first-order chi connectivity index (χ1) is 22.5. The summed E-state index contributed by atoms with van der Waals surface area (Å²) >= 11 is 1.19. The van der Waals surface area contributed by atoms with Gasteiger partial charge in [-0.2, -0.15) is 4.99 Å². The molecule has 0 bridgehead atoms. The average molecular weight is 666 g/mol. The molecule has 1 aliphatic heterocycles. The molecule has 1 saturated heterocycles. The highest BCUT2D eigenvalue weighted by Crippen LogP contribution is 2.30. The molecule has 0 N–H and O–H groups in total. The maximum Gasteiger partial charge on any atom is 0.573 e. The Balaban J connectivity index is 1.21. The summed E-state index contributed by atoms with van der Waals surface area (Å²) in [6.07, 6.45) is -1.98. The Hall–Kier alpha value is -4.98. The van der Waals surface area contributed by atoms with Gasteiger partial charge in [0, 0.05) is 12.0 Å². The molecule has 47 heavy (non-hydrogen) atoms. The van der Waals surface area contributed by atoms with Crippen LogP contribution in [0, 0.1) is 5.92 Å². The first-order valence-electron chi connectivity index (χ1n) is 14.6. The Kier molecular flexibility index (Phi) is 10.4. The van der Waals surface area contributed by atoms with Crippen molar-refractivity contribution in [3.63, 3.8) is 0 Å². The Morgan fingerprint density at radius 3 is 2.45 bits per heavy atom. The first-order valence-corrected chi connectivity index (χ1v) is 15.6. The van der Waals surface area contributed by atoms with Crippen molar-refractivity contribution < 1.29 is 37.0 Å². The minimum atomic E-state index is -4.78. The van der Waals surface area contributed by atoms with E-state index in [4.69, 9.17) is 4.74 Å². The van der Waals surface area contributed by atoms with Gasteiger partial charge in [-0.3, -0.25) is 19.3 Å². The van der Waals surface area contributed by atoms with E-state index in [1.165, 1.54) is 59.0 Å². The molecule has 2 heterocycles. The number of para-hydroxylation sites is 1. The van der Waals surface area contributed by atoms with Crippen molar-refractivity contribution in [2.75, 3.05) is 17.8 Å². The summed E-state index contributed by atoms with van der Waals surface area (Å²) in [4.78, 5) is 48.3. The number of rotatable bonds is 11. The molecule has 1 unspecified atom stereocenters. The summed E-state index contributed by atoms with van der Waals surface area (Å²) in [6.45, 7) is 1.99. The van der Waals surface area contributed by atoms with Crippen LogP contribution in [0.4, 0.5) is 18.9 Å². The van der Waals surface area contributed by atoms with Crippen molar-refractivity contribution in [1.29, 1.82) is 0 Å². The third-order valence-electron chi connectivity index (χ3n) is 7.38. The Morgan fingerprint density at radius 2 is 1.77 bits per heavy atom. The van der Waals surface area contributed by atoms with E-state index in [1.807, 2.05) is 55.5 Å². The lowest BCUT2D eigenvalue weighted by Crippen LogP contribution is -2.31. The van der Waals surface area contributed by atoms with E-state index in [2.05, 4.69) is 19.8 Å². The molecule has 1 aromatic heterocycles. The molecule has 1 atom stereocenters. The number of hydrogen-bond acceptors (Lipinski definition) is 8. The fourth-order valence-electron chi connectivity index (χ4n) is 5.02. The number of anilines is 1. The van der Waals surface area contributed by atoms with Crippen LogP contribution in [0.1, 0.15) is 30.9 Å². The summed E-state index contributed by atoms with van der Waals surface area (Å²) < 4.78 is 47.6. The first kappa shape index (κ1) is 33.4. The number of amidine groups is 1. The Bertz CT molecular complexity index is 1770. The van der Waals surface area contributed by atoms with Crippen molar-refractivity contribution in [2.45, 2.75) is 39.0 Å². The maximum absolute atomic E-state index is 13.0. The van der Waals surface area contributed by atoms with Crippen molar-refractivity contribution >= 4 is 40.4 Å². The van der Waals surface area contributed by atoms with E-state index in [9.17, 15) is 27.6 Å². The highest BCUT2D eigenvalue weighted by atomic mass is 32.2. The summed E-state index contributed by atoms with van der Waals surface area (Å²) in [6, 6.07) is 20.1. The number of carbonyl (C=O) groups is 3. The van der Waals surface area contributed by atoms with Gasteiger partial charge in [-0.15, -0.1) is 18.3 Å². The van der Waals surface area contributed by atoms with Crippen LogP contribution >= 0.6 is 11.8 Å². The lowest BCUT2D eigenvalue weighted by molar-refractivity contribution is -0.274. The predicted octanol–water partition coefficient (Wildman–Crippen LogP) is 6.17. The van der Waals surface area contributed by atoms with Crippen LogP contribution in [0.5, 0.6) is 5.75 Å². The van der Waals surface area contributed by atoms with E-state index in [0.29, 0.717) is 47.2 Å². The fourth-order valence-corrected chi connectivity index (χ4v) is 5.90. The number of nitrogens with zero attached hydrogens (tertiary/aromatic N) is 5. The number of benzene rings is 3. The highest BCUT2D eigenvalue weighted by Gasteiger charge is 2.33. The SMILES string of the molecule is CCc1ccccc1N1C(=O)CSC1=NC(=O)CC(CCc1ccc(-c2ncn(-c3ccc(OC(F)(F)F)cc3)n2)cc1)C(=O)OC. The van der Waals surface area contributed by atoms with E-state index < -0.39 is 24.2 Å². The molecule has 0 radical (unpaired) electrons. The summed E-state index contributed by atoms with van der Waals surface area (Å²) in [7, 11) is 1.27. The molecule has 0 spiro atoms. The van der Waals surface area contributed by atoms with Crippen LogP contribution in [0.15, 0.2) is 84.1 Å². The summed E-state index contributed by atoms with van der Waals surface area (Å²) in [5.74, 6) is -1.70. The number of aliphatic imine (C=N–C) groups is 1. The number of alkyl halides is 3. The molecular formula is C33H30F3N5O5S. The molecule has 2 amide bonds. The number of halogens is 3. The molecule has 3 aromatic carbocycles. The van der Waals surface area contributed by atoms with Crippen LogP contribution < -0.4 is 9.64 Å². The van der Waals surface area contributed by atoms with Crippen LogP contribution in [0.2, 0.25) is 0 Å². The number of methoxy groups -OCH3 is 1. The quantitative estimate of drug-likeness (QED) is 0.175. The van der Waals surface area contributed by atoms with Gasteiger partial charge in [0.15, 0.2) is 11.0 Å². The number of ether oxygens (including phenoxy) is 2. The highest BCUT2D eigenvalue weighted by molar-refractivity contribution is 8.15. The van der Waals surface area contributed by atoms with Crippen LogP contribution in [-0.4, -0.2) is 56.9 Å². The zero-order valence-corrected chi connectivity index (χ0v) is 26.3. The van der Waals surface area contributed by atoms with Crippen LogP contribution in [0.3, 0.4) is 0 Å². The zero-order valence-electron chi connectivity index (χ0n) is 25.4. The number of aromatic nitrogens is 3. The van der Waals surface area contributed by atoms with E-state index >= 15 is 0 Å². The van der Waals surface area contributed by atoms with Gasteiger partial charge < -0.3 is 9.47 Å². The zero-order chi connectivity index (χ0) is 33.6. The number of carbonyl (C=O) groups excluding carboxylic acids is 3. The van der Waals surface area contributed by atoms with E-state index in [1.54, 1.807) is 0 Å².